The smallest absolute Gasteiger partial charge is 0.245 e. The van der Waals surface area contributed by atoms with E-state index in [4.69, 9.17) is 9.47 Å². The van der Waals surface area contributed by atoms with E-state index in [2.05, 4.69) is 26.5 Å². The van der Waals surface area contributed by atoms with Crippen LogP contribution in [0.1, 0.15) is 18.9 Å². The minimum absolute atomic E-state index is 0.119. The molecule has 0 atom stereocenters. The third-order valence-electron chi connectivity index (χ3n) is 3.24. The third-order valence-corrected chi connectivity index (χ3v) is 3.87. The molecule has 0 unspecified atom stereocenters. The molecule has 1 fully saturated rings. The summed E-state index contributed by atoms with van der Waals surface area (Å²) >= 11 is 3.51. The molecule has 0 radical (unpaired) electrons. The van der Waals surface area contributed by atoms with E-state index in [9.17, 15) is 4.79 Å². The summed E-state index contributed by atoms with van der Waals surface area (Å²) in [5.74, 6) is -1.08. The van der Waals surface area contributed by atoms with Crippen molar-refractivity contribution in [2.45, 2.75) is 19.1 Å². The number of amides is 1. The quantitative estimate of drug-likeness (QED) is 0.637. The molecular weight excluding hydrogens is 350 g/mol. The van der Waals surface area contributed by atoms with Gasteiger partial charge in [0.25, 0.3) is 0 Å². The summed E-state index contributed by atoms with van der Waals surface area (Å²) in [4.78, 5) is 13.8. The van der Waals surface area contributed by atoms with Crippen LogP contribution >= 0.6 is 15.9 Å². The van der Waals surface area contributed by atoms with Gasteiger partial charge in [0.15, 0.2) is 5.79 Å². The van der Waals surface area contributed by atoms with E-state index in [1.165, 1.54) is 0 Å². The Labute approximate surface area is 138 Å². The molecule has 1 aliphatic heterocycles. The molecule has 0 aliphatic carbocycles. The van der Waals surface area contributed by atoms with Crippen molar-refractivity contribution in [2.24, 2.45) is 5.10 Å². The van der Waals surface area contributed by atoms with Gasteiger partial charge in [0.1, 0.15) is 0 Å². The number of nitrogens with zero attached hydrogens (tertiary/aromatic N) is 2. The molecule has 7 heteroatoms. The summed E-state index contributed by atoms with van der Waals surface area (Å²) in [6, 6.07) is 5.85. The van der Waals surface area contributed by atoms with Gasteiger partial charge in [-0.15, -0.1) is 0 Å². The molecule has 22 heavy (non-hydrogen) atoms. The van der Waals surface area contributed by atoms with Gasteiger partial charge in [0, 0.05) is 18.6 Å². The molecule has 0 spiro atoms. The number of nitrogens with one attached hydrogen (secondary N) is 1. The molecule has 0 bridgehead atoms. The first-order valence-corrected chi connectivity index (χ1v) is 7.76. The van der Waals surface area contributed by atoms with Crippen LogP contribution in [0.5, 0.6) is 0 Å². The van der Waals surface area contributed by atoms with Gasteiger partial charge >= 0.3 is 0 Å². The van der Waals surface area contributed by atoms with Crippen LogP contribution < -0.4 is 10.3 Å². The van der Waals surface area contributed by atoms with E-state index in [0.29, 0.717) is 13.2 Å². The van der Waals surface area contributed by atoms with Gasteiger partial charge in [-0.2, -0.15) is 5.10 Å². The highest BCUT2D eigenvalue weighted by molar-refractivity contribution is 9.10. The number of hydrazone groups is 1. The first-order valence-electron chi connectivity index (χ1n) is 6.96. The van der Waals surface area contributed by atoms with Crippen LogP contribution in [0.15, 0.2) is 27.8 Å². The molecule has 1 aliphatic rings. The van der Waals surface area contributed by atoms with Crippen molar-refractivity contribution in [3.63, 3.8) is 0 Å². The SMILES string of the molecule is CN(C)c1ccc(C=NNC(=O)CC2(C)OCCO2)cc1Br. The zero-order valence-electron chi connectivity index (χ0n) is 12.9. The standard InChI is InChI=1S/C15H20BrN3O3/c1-15(21-6-7-22-15)9-14(20)18-17-10-11-4-5-13(19(2)3)12(16)8-11/h4-5,8,10H,6-7,9H2,1-3H3,(H,18,20). The Morgan fingerprint density at radius 1 is 1.45 bits per heavy atom. The highest BCUT2D eigenvalue weighted by Gasteiger charge is 2.33. The van der Waals surface area contributed by atoms with Gasteiger partial charge in [0.2, 0.25) is 5.91 Å². The largest absolute Gasteiger partial charge is 0.377 e. The Hall–Kier alpha value is -1.44. The van der Waals surface area contributed by atoms with Crippen LogP contribution in [-0.4, -0.2) is 45.2 Å². The molecule has 1 aromatic rings. The van der Waals surface area contributed by atoms with Gasteiger partial charge in [0.05, 0.1) is 31.5 Å². The van der Waals surface area contributed by atoms with Crippen LogP contribution in [-0.2, 0) is 14.3 Å². The number of hydrogen-bond acceptors (Lipinski definition) is 5. The Morgan fingerprint density at radius 3 is 2.73 bits per heavy atom. The van der Waals surface area contributed by atoms with Crippen molar-refractivity contribution in [3.8, 4) is 0 Å². The van der Waals surface area contributed by atoms with Crippen LogP contribution in [0.2, 0.25) is 0 Å². The highest BCUT2D eigenvalue weighted by Crippen LogP contribution is 2.25. The fourth-order valence-corrected chi connectivity index (χ4v) is 2.89. The predicted octanol–water partition coefficient (Wildman–Crippen LogP) is 2.12. The zero-order valence-corrected chi connectivity index (χ0v) is 14.5. The molecule has 1 amide bonds. The Balaban J connectivity index is 1.89. The molecule has 1 saturated heterocycles. The van der Waals surface area contributed by atoms with E-state index < -0.39 is 5.79 Å². The first kappa shape index (κ1) is 16.9. The van der Waals surface area contributed by atoms with Gasteiger partial charge in [-0.25, -0.2) is 5.43 Å². The number of anilines is 1. The lowest BCUT2D eigenvalue weighted by Crippen LogP contribution is -2.33. The maximum atomic E-state index is 11.8. The van der Waals surface area contributed by atoms with Gasteiger partial charge in [-0.05, 0) is 40.5 Å². The monoisotopic (exact) mass is 369 g/mol. The van der Waals surface area contributed by atoms with Gasteiger partial charge in [-0.3, -0.25) is 4.79 Å². The second kappa shape index (κ2) is 7.21. The minimum atomic E-state index is -0.837. The molecular formula is C15H20BrN3O3. The fourth-order valence-electron chi connectivity index (χ4n) is 2.13. The summed E-state index contributed by atoms with van der Waals surface area (Å²) in [6.45, 7) is 2.78. The average molecular weight is 370 g/mol. The predicted molar refractivity (Wildman–Crippen MR) is 89.1 cm³/mol. The number of halogens is 1. The lowest BCUT2D eigenvalue weighted by Gasteiger charge is -2.20. The topological polar surface area (TPSA) is 63.2 Å². The van der Waals surface area contributed by atoms with Crippen molar-refractivity contribution < 1.29 is 14.3 Å². The molecule has 1 aromatic carbocycles. The molecule has 1 heterocycles. The van der Waals surface area contributed by atoms with E-state index in [-0.39, 0.29) is 12.3 Å². The summed E-state index contributed by atoms with van der Waals surface area (Å²) in [6.07, 6.45) is 1.72. The second-order valence-corrected chi connectivity index (χ2v) is 6.26. The first-order chi connectivity index (χ1) is 10.4. The van der Waals surface area contributed by atoms with E-state index in [1.54, 1.807) is 13.1 Å². The average Bonchev–Trinajstić information content (AvgIpc) is 2.84. The number of carbonyl (C=O) groups excluding carboxylic acids is 1. The van der Waals surface area contributed by atoms with E-state index >= 15 is 0 Å². The van der Waals surface area contributed by atoms with Crippen molar-refractivity contribution in [3.05, 3.63) is 28.2 Å². The molecule has 2 rings (SSSR count). The lowest BCUT2D eigenvalue weighted by atomic mass is 10.2. The maximum Gasteiger partial charge on any atom is 0.245 e. The summed E-state index contributed by atoms with van der Waals surface area (Å²) in [5, 5.41) is 3.96. The second-order valence-electron chi connectivity index (χ2n) is 5.41. The van der Waals surface area contributed by atoms with Crippen LogP contribution in [0.25, 0.3) is 0 Å². The fraction of sp³-hybridized carbons (Fsp3) is 0.467. The number of rotatable bonds is 5. The number of benzene rings is 1. The summed E-state index contributed by atoms with van der Waals surface area (Å²) in [5.41, 5.74) is 4.45. The normalized spacial score (nSPS) is 16.9. The van der Waals surface area contributed by atoms with Gasteiger partial charge in [-0.1, -0.05) is 6.07 Å². The van der Waals surface area contributed by atoms with Gasteiger partial charge < -0.3 is 14.4 Å². The molecule has 1 N–H and O–H groups in total. The Bertz CT molecular complexity index is 569. The lowest BCUT2D eigenvalue weighted by molar-refractivity contribution is -0.159. The van der Waals surface area contributed by atoms with E-state index in [1.807, 2.05) is 37.2 Å². The van der Waals surface area contributed by atoms with Crippen molar-refractivity contribution in [2.75, 3.05) is 32.2 Å². The molecule has 0 aromatic heterocycles. The van der Waals surface area contributed by atoms with Crippen LogP contribution in [0, 0.1) is 0 Å². The minimum Gasteiger partial charge on any atom is -0.377 e. The van der Waals surface area contributed by atoms with Crippen LogP contribution in [0.4, 0.5) is 5.69 Å². The maximum absolute atomic E-state index is 11.8. The summed E-state index contributed by atoms with van der Waals surface area (Å²) < 4.78 is 11.7. The third kappa shape index (κ3) is 4.53. The molecule has 120 valence electrons. The highest BCUT2D eigenvalue weighted by atomic mass is 79.9. The number of ether oxygens (including phenoxy) is 2. The van der Waals surface area contributed by atoms with Crippen molar-refractivity contribution in [1.82, 2.24) is 5.43 Å². The Morgan fingerprint density at radius 2 is 2.14 bits per heavy atom. The zero-order chi connectivity index (χ0) is 16.2. The van der Waals surface area contributed by atoms with Crippen molar-refractivity contribution >= 4 is 33.7 Å². The Kier molecular flexibility index (Phi) is 5.55. The van der Waals surface area contributed by atoms with E-state index in [0.717, 1.165) is 15.7 Å². The molecule has 0 saturated carbocycles. The number of carbonyl (C=O) groups is 1. The number of hydrogen-bond donors (Lipinski definition) is 1. The van der Waals surface area contributed by atoms with Crippen molar-refractivity contribution in [1.29, 1.82) is 0 Å². The summed E-state index contributed by atoms with van der Waals surface area (Å²) in [7, 11) is 3.95. The van der Waals surface area contributed by atoms with Crippen LogP contribution in [0.3, 0.4) is 0 Å². The molecule has 6 nitrogen and oxygen atoms in total.